The molecule has 0 atom stereocenters. The van der Waals surface area contributed by atoms with E-state index in [9.17, 15) is 0 Å². The molecule has 0 saturated carbocycles. The van der Waals surface area contributed by atoms with Gasteiger partial charge in [-0.05, 0) is 37.1 Å². The molecule has 1 rings (SSSR count). The second-order valence-corrected chi connectivity index (χ2v) is 3.61. The first-order valence-electron chi connectivity index (χ1n) is 3.59. The van der Waals surface area contributed by atoms with Crippen molar-refractivity contribution in [2.75, 3.05) is 0 Å². The van der Waals surface area contributed by atoms with Gasteiger partial charge in [-0.15, -0.1) is 0 Å². The maximum atomic E-state index is 8.40. The van der Waals surface area contributed by atoms with Gasteiger partial charge in [0.25, 0.3) is 0 Å². The van der Waals surface area contributed by atoms with Crippen molar-refractivity contribution in [2.45, 2.75) is 13.8 Å². The van der Waals surface area contributed by atoms with E-state index in [-0.39, 0.29) is 0 Å². The highest BCUT2D eigenvalue weighted by Crippen LogP contribution is 2.18. The third-order valence-corrected chi connectivity index (χ3v) is 2.20. The average Bonchev–Trinajstić information content (AvgIpc) is 1.96. The van der Waals surface area contributed by atoms with E-state index in [0.29, 0.717) is 0 Å². The Kier molecular flexibility index (Phi) is 2.87. The van der Waals surface area contributed by atoms with Gasteiger partial charge in [0.05, 0.1) is 6.21 Å². The van der Waals surface area contributed by atoms with E-state index in [2.05, 4.69) is 21.1 Å². The standard InChI is InChI=1S/C9H10BrNO/c1-6-3-8(10)4-7(2)9(6)5-11-12/h3-5,12H,1-2H3/b11-5-. The van der Waals surface area contributed by atoms with Crippen molar-refractivity contribution in [3.05, 3.63) is 33.3 Å². The number of rotatable bonds is 1. The van der Waals surface area contributed by atoms with Gasteiger partial charge in [-0.25, -0.2) is 0 Å². The summed E-state index contributed by atoms with van der Waals surface area (Å²) in [5.74, 6) is 0. The molecule has 0 aliphatic heterocycles. The number of nitrogens with zero attached hydrogens (tertiary/aromatic N) is 1. The van der Waals surface area contributed by atoms with Crippen LogP contribution in [0.15, 0.2) is 21.8 Å². The fraction of sp³-hybridized carbons (Fsp3) is 0.222. The van der Waals surface area contributed by atoms with Crippen molar-refractivity contribution in [1.82, 2.24) is 0 Å². The van der Waals surface area contributed by atoms with Gasteiger partial charge in [-0.2, -0.15) is 0 Å². The summed E-state index contributed by atoms with van der Waals surface area (Å²) < 4.78 is 1.05. The third-order valence-electron chi connectivity index (χ3n) is 1.75. The van der Waals surface area contributed by atoms with Crippen LogP contribution in [0, 0.1) is 13.8 Å². The summed E-state index contributed by atoms with van der Waals surface area (Å²) in [7, 11) is 0. The Hall–Kier alpha value is -0.830. The van der Waals surface area contributed by atoms with Crippen LogP contribution in [-0.2, 0) is 0 Å². The Morgan fingerprint density at radius 3 is 2.25 bits per heavy atom. The van der Waals surface area contributed by atoms with Crippen molar-refractivity contribution in [3.8, 4) is 0 Å². The molecule has 0 aliphatic carbocycles. The lowest BCUT2D eigenvalue weighted by Crippen LogP contribution is -1.91. The van der Waals surface area contributed by atoms with Crippen LogP contribution in [-0.4, -0.2) is 11.4 Å². The zero-order valence-electron chi connectivity index (χ0n) is 7.00. The summed E-state index contributed by atoms with van der Waals surface area (Å²) in [5.41, 5.74) is 3.17. The first kappa shape index (κ1) is 9.26. The van der Waals surface area contributed by atoms with Crippen molar-refractivity contribution < 1.29 is 5.21 Å². The second-order valence-electron chi connectivity index (χ2n) is 2.70. The topological polar surface area (TPSA) is 32.6 Å². The summed E-state index contributed by atoms with van der Waals surface area (Å²) in [4.78, 5) is 0. The zero-order chi connectivity index (χ0) is 9.14. The van der Waals surface area contributed by atoms with E-state index >= 15 is 0 Å². The predicted molar refractivity (Wildman–Crippen MR) is 53.0 cm³/mol. The number of hydrogen-bond acceptors (Lipinski definition) is 2. The Morgan fingerprint density at radius 2 is 1.83 bits per heavy atom. The fourth-order valence-corrected chi connectivity index (χ4v) is 1.87. The van der Waals surface area contributed by atoms with E-state index in [1.807, 2.05) is 26.0 Å². The molecule has 0 bridgehead atoms. The smallest absolute Gasteiger partial charge is 0.0739 e. The summed E-state index contributed by atoms with van der Waals surface area (Å²) in [6.45, 7) is 3.96. The Bertz CT molecular complexity index is 297. The number of benzene rings is 1. The summed E-state index contributed by atoms with van der Waals surface area (Å²) in [5, 5.41) is 11.4. The van der Waals surface area contributed by atoms with Gasteiger partial charge in [-0.1, -0.05) is 21.1 Å². The molecule has 1 N–H and O–H groups in total. The minimum Gasteiger partial charge on any atom is -0.411 e. The lowest BCUT2D eigenvalue weighted by atomic mass is 10.0. The molecule has 0 radical (unpaired) electrons. The molecule has 2 nitrogen and oxygen atoms in total. The predicted octanol–water partition coefficient (Wildman–Crippen LogP) is 2.87. The zero-order valence-corrected chi connectivity index (χ0v) is 8.59. The maximum Gasteiger partial charge on any atom is 0.0739 e. The van der Waals surface area contributed by atoms with Crippen LogP contribution >= 0.6 is 15.9 Å². The molecule has 0 aliphatic rings. The lowest BCUT2D eigenvalue weighted by Gasteiger charge is -2.04. The van der Waals surface area contributed by atoms with E-state index in [0.717, 1.165) is 21.2 Å². The van der Waals surface area contributed by atoms with Crippen LogP contribution in [0.3, 0.4) is 0 Å². The van der Waals surface area contributed by atoms with Crippen LogP contribution < -0.4 is 0 Å². The Labute approximate surface area is 80.0 Å². The van der Waals surface area contributed by atoms with Gasteiger partial charge in [0.15, 0.2) is 0 Å². The van der Waals surface area contributed by atoms with Gasteiger partial charge in [-0.3, -0.25) is 0 Å². The monoisotopic (exact) mass is 227 g/mol. The molecular formula is C9H10BrNO. The maximum absolute atomic E-state index is 8.40. The lowest BCUT2D eigenvalue weighted by molar-refractivity contribution is 0.322. The van der Waals surface area contributed by atoms with Gasteiger partial charge in [0.2, 0.25) is 0 Å². The minimum absolute atomic E-state index is 0.973. The number of oxime groups is 1. The third kappa shape index (κ3) is 1.85. The highest BCUT2D eigenvalue weighted by molar-refractivity contribution is 9.10. The van der Waals surface area contributed by atoms with Crippen molar-refractivity contribution in [3.63, 3.8) is 0 Å². The largest absolute Gasteiger partial charge is 0.411 e. The normalized spacial score (nSPS) is 10.9. The van der Waals surface area contributed by atoms with Crippen molar-refractivity contribution in [1.29, 1.82) is 0 Å². The van der Waals surface area contributed by atoms with Gasteiger partial charge in [0, 0.05) is 10.0 Å². The Morgan fingerprint density at radius 1 is 1.33 bits per heavy atom. The summed E-state index contributed by atoms with van der Waals surface area (Å²) in [6.07, 6.45) is 1.46. The van der Waals surface area contributed by atoms with E-state index < -0.39 is 0 Å². The molecule has 0 aromatic heterocycles. The van der Waals surface area contributed by atoms with Gasteiger partial charge < -0.3 is 5.21 Å². The SMILES string of the molecule is Cc1cc(Br)cc(C)c1/C=N\O. The highest BCUT2D eigenvalue weighted by Gasteiger charge is 2.00. The van der Waals surface area contributed by atoms with E-state index in [1.54, 1.807) is 0 Å². The molecule has 0 spiro atoms. The highest BCUT2D eigenvalue weighted by atomic mass is 79.9. The van der Waals surface area contributed by atoms with Crippen LogP contribution in [0.5, 0.6) is 0 Å². The second kappa shape index (κ2) is 3.72. The average molecular weight is 228 g/mol. The molecule has 3 heteroatoms. The molecule has 0 heterocycles. The van der Waals surface area contributed by atoms with E-state index in [4.69, 9.17) is 5.21 Å². The van der Waals surface area contributed by atoms with E-state index in [1.165, 1.54) is 6.21 Å². The summed E-state index contributed by atoms with van der Waals surface area (Å²) in [6, 6.07) is 3.98. The van der Waals surface area contributed by atoms with Crippen LogP contribution in [0.4, 0.5) is 0 Å². The number of halogens is 1. The number of aryl methyl sites for hydroxylation is 2. The first-order valence-corrected chi connectivity index (χ1v) is 4.38. The minimum atomic E-state index is 0.973. The van der Waals surface area contributed by atoms with Crippen LogP contribution in [0.1, 0.15) is 16.7 Å². The summed E-state index contributed by atoms with van der Waals surface area (Å²) >= 11 is 3.39. The molecular weight excluding hydrogens is 218 g/mol. The molecule has 0 amide bonds. The van der Waals surface area contributed by atoms with Gasteiger partial charge >= 0.3 is 0 Å². The Balaban J connectivity index is 3.28. The van der Waals surface area contributed by atoms with Gasteiger partial charge in [0.1, 0.15) is 0 Å². The van der Waals surface area contributed by atoms with Crippen molar-refractivity contribution >= 4 is 22.1 Å². The van der Waals surface area contributed by atoms with Crippen molar-refractivity contribution in [2.24, 2.45) is 5.16 Å². The van der Waals surface area contributed by atoms with Crippen LogP contribution in [0.2, 0.25) is 0 Å². The molecule has 64 valence electrons. The fourth-order valence-electron chi connectivity index (χ4n) is 1.18. The molecule has 0 saturated heterocycles. The molecule has 0 unspecified atom stereocenters. The molecule has 1 aromatic rings. The quantitative estimate of drug-likeness (QED) is 0.447. The number of hydrogen-bond donors (Lipinski definition) is 1. The molecule has 1 aromatic carbocycles. The van der Waals surface area contributed by atoms with Crippen LogP contribution in [0.25, 0.3) is 0 Å². The molecule has 0 fully saturated rings. The molecule has 12 heavy (non-hydrogen) atoms. The first-order chi connectivity index (χ1) is 5.65.